The Kier molecular flexibility index (Phi) is 36.8. The van der Waals surface area contributed by atoms with Gasteiger partial charge in [0.15, 0.2) is 57.3 Å². The van der Waals surface area contributed by atoms with Crippen molar-refractivity contribution >= 4 is 235 Å². The van der Waals surface area contributed by atoms with Crippen molar-refractivity contribution in [2.24, 2.45) is 0 Å². The zero-order valence-electron chi connectivity index (χ0n) is 83.8. The Morgan fingerprint density at radius 2 is 0.413 bits per heavy atom. The summed E-state index contributed by atoms with van der Waals surface area (Å²) in [6.45, 7) is 19.1. The second-order valence-corrected chi connectivity index (χ2v) is 48.4. The quantitative estimate of drug-likeness (QED) is 0.0238. The Bertz CT molecular complexity index is 7570. The van der Waals surface area contributed by atoms with E-state index in [0.29, 0.717) is 42.8 Å². The molecule has 5 aromatic carbocycles. The Balaban J connectivity index is 0.000000178. The van der Waals surface area contributed by atoms with Crippen molar-refractivity contribution in [3.05, 3.63) is 225 Å². The topological polar surface area (TPSA) is 700 Å². The molecule has 0 saturated heterocycles. The first-order valence-corrected chi connectivity index (χ1v) is 57.5. The number of anilines is 5. The predicted octanol–water partition coefficient (Wildman–Crippen LogP) is 11.4. The van der Waals surface area contributed by atoms with Crippen LogP contribution in [0, 0.1) is 23.9 Å². The SMILES string of the molecule is CCN(C)C(=O)n1c(=O)n(Cc2ccc(Br)cc2)c2nc(S(=N)(=O)CC)nc(N)c21.CCN(C)C(=O)n1c(=O)n(Cc2ccc(Br)cc2)c2nc([S@@](=N)(=O)CC)nc(N)c21.CCN(C)C(=O)n1c(=O)n(Cc2ccc(Br)cc2)c2nc([S@](=N)(=O)CC)nc(N)c21.CCN(C)C(=O)n1c(=O)n(Cc2ccc(Cl)cc2)c2nc([S@@](=N)(=O)CC)nc(N)c21.CCN(C)C(=O)n1c(=O)n(Cc2ccc(Cl)cc2)c2nc([S@](=N)(=O)CC)nc(N)c21. The van der Waals surface area contributed by atoms with E-state index >= 15 is 0 Å². The van der Waals surface area contributed by atoms with Crippen molar-refractivity contribution in [2.75, 3.05) is 125 Å². The number of carbonyl (C=O) groups excluding carboxylic acids is 5. The summed E-state index contributed by atoms with van der Waals surface area (Å²) in [5.74, 6) is -0.946. The van der Waals surface area contributed by atoms with Gasteiger partial charge in [0.1, 0.15) is 76.2 Å². The van der Waals surface area contributed by atoms with E-state index in [4.69, 9.17) is 75.8 Å². The highest BCUT2D eigenvalue weighted by Gasteiger charge is 2.35. The number of nitrogens with one attached hydrogen (secondary N) is 5. The van der Waals surface area contributed by atoms with E-state index in [-0.39, 0.29) is 172 Å². The zero-order chi connectivity index (χ0) is 111. The normalized spacial score (nSPS) is 13.3. The fourth-order valence-electron chi connectivity index (χ4n) is 14.1. The Morgan fingerprint density at radius 1 is 0.273 bits per heavy atom. The van der Waals surface area contributed by atoms with E-state index in [9.17, 15) is 69.0 Å². The number of nitrogens with two attached hydrogens (primary N) is 5. The summed E-state index contributed by atoms with van der Waals surface area (Å²) in [6, 6.07) is 32.7. The number of hydrogen-bond acceptors (Lipinski definition) is 35. The fourth-order valence-corrected chi connectivity index (χ4v) is 18.9. The summed E-state index contributed by atoms with van der Waals surface area (Å²) in [7, 11) is -8.64. The number of imidazole rings is 5. The highest BCUT2D eigenvalue weighted by Crippen LogP contribution is 2.31. The lowest BCUT2D eigenvalue weighted by Crippen LogP contribution is -2.38. The number of amides is 5. The molecule has 10 aromatic heterocycles. The van der Waals surface area contributed by atoms with Crippen LogP contribution in [0.15, 0.2) is 185 Å². The first kappa shape index (κ1) is 116. The van der Waals surface area contributed by atoms with Gasteiger partial charge in [0.05, 0.1) is 32.7 Å². The van der Waals surface area contributed by atoms with Crippen LogP contribution in [-0.2, 0) is 81.4 Å². The molecule has 800 valence electrons. The molecule has 5 atom stereocenters. The smallest absolute Gasteiger partial charge is 0.339 e. The van der Waals surface area contributed by atoms with E-state index in [2.05, 4.69) is 97.6 Å². The van der Waals surface area contributed by atoms with Gasteiger partial charge in [-0.15, -0.1) is 0 Å². The largest absolute Gasteiger partial charge is 0.382 e. The lowest BCUT2D eigenvalue weighted by Gasteiger charge is -2.14. The van der Waals surface area contributed by atoms with Crippen LogP contribution < -0.4 is 57.1 Å². The van der Waals surface area contributed by atoms with E-state index in [1.807, 2.05) is 72.8 Å². The number of fused-ring (bicyclic) bond motifs is 5. The van der Waals surface area contributed by atoms with Crippen LogP contribution in [0.25, 0.3) is 55.8 Å². The van der Waals surface area contributed by atoms with Gasteiger partial charge in [0, 0.05) is 120 Å². The van der Waals surface area contributed by atoms with Crippen LogP contribution in [-0.4, -0.2) is 268 Å². The third-order valence-corrected chi connectivity index (χ3v) is 33.6. The summed E-state index contributed by atoms with van der Waals surface area (Å²) < 4.78 is 116. The molecule has 0 aliphatic heterocycles. The van der Waals surface area contributed by atoms with Crippen molar-refractivity contribution in [1.82, 2.24) is 120 Å². The third-order valence-electron chi connectivity index (χ3n) is 23.6. The standard InChI is InChI=1S/3C18H22BrN7O3S.2C18H22ClN7O3S/c5*1-4-24(3)17(27)26-13-14(20)22-16(30(21,29)5-2)23-15(13)25(18(26)28)10-11-6-8-12(19)9-7-11/h5*6-9,21H,4-5,10H2,1-3H3,(H2,20,22,23)/t2*30-;;2*30-/m10.10/s1. The number of hydrogen-bond donors (Lipinski definition) is 10. The minimum atomic E-state index is -3.29. The van der Waals surface area contributed by atoms with Crippen molar-refractivity contribution in [2.45, 2.75) is 128 Å². The van der Waals surface area contributed by atoms with Crippen molar-refractivity contribution in [3.63, 3.8) is 0 Å². The second kappa shape index (κ2) is 47.4. The molecule has 60 heteroatoms. The molecule has 15 rings (SSSR count). The summed E-state index contributed by atoms with van der Waals surface area (Å²) in [5.41, 5.74) is 31.4. The van der Waals surface area contributed by atoms with E-state index in [0.717, 1.165) is 64.1 Å². The summed E-state index contributed by atoms with van der Waals surface area (Å²) in [4.78, 5) is 178. The van der Waals surface area contributed by atoms with Gasteiger partial charge in [-0.05, 0) is 123 Å². The summed E-state index contributed by atoms with van der Waals surface area (Å²) in [5, 5.41) is -0.228. The number of halogens is 5. The van der Waals surface area contributed by atoms with Crippen molar-refractivity contribution in [1.29, 1.82) is 23.9 Å². The van der Waals surface area contributed by atoms with Gasteiger partial charge in [-0.1, -0.05) is 166 Å². The fraction of sp³-hybridized carbons (Fsp3) is 0.333. The number of rotatable bonds is 25. The Hall–Kier alpha value is -14.0. The monoisotopic (exact) mass is 2390 g/mol. The highest BCUT2D eigenvalue weighted by molar-refractivity contribution is 9.11. The minimum absolute atomic E-state index is 0.00684. The third kappa shape index (κ3) is 24.5. The Labute approximate surface area is 894 Å². The lowest BCUT2D eigenvalue weighted by molar-refractivity contribution is 0.212. The molecule has 15 aromatic rings. The maximum absolute atomic E-state index is 13.2. The number of nitrogen functional groups attached to an aromatic ring is 5. The van der Waals surface area contributed by atoms with Crippen LogP contribution in [0.1, 0.15) is 97.1 Å². The van der Waals surface area contributed by atoms with E-state index in [1.165, 1.54) is 47.3 Å². The van der Waals surface area contributed by atoms with Crippen molar-refractivity contribution in [3.8, 4) is 0 Å². The molecule has 0 saturated carbocycles. The minimum Gasteiger partial charge on any atom is -0.382 e. The van der Waals surface area contributed by atoms with Crippen LogP contribution >= 0.6 is 71.0 Å². The molecular weight excluding hydrogens is 2280 g/mol. The predicted molar refractivity (Wildman–Crippen MR) is 586 cm³/mol. The maximum Gasteiger partial charge on any atom is 0.339 e. The van der Waals surface area contributed by atoms with Gasteiger partial charge in [-0.2, -0.15) is 24.9 Å². The lowest BCUT2D eigenvalue weighted by atomic mass is 10.2. The van der Waals surface area contributed by atoms with Gasteiger partial charge < -0.3 is 53.2 Å². The van der Waals surface area contributed by atoms with Crippen LogP contribution in [0.4, 0.5) is 53.1 Å². The molecule has 0 aliphatic carbocycles. The molecule has 0 aliphatic rings. The molecule has 15 N–H and O–H groups in total. The van der Waals surface area contributed by atoms with Gasteiger partial charge in [0.2, 0.25) is 25.8 Å². The van der Waals surface area contributed by atoms with Gasteiger partial charge in [-0.25, -0.2) is 141 Å². The number of aromatic nitrogens is 20. The molecule has 1 unspecified atom stereocenters. The molecule has 0 radical (unpaired) electrons. The van der Waals surface area contributed by atoms with Crippen LogP contribution in [0.2, 0.25) is 10.0 Å². The van der Waals surface area contributed by atoms with Gasteiger partial charge in [-0.3, -0.25) is 22.8 Å². The first-order chi connectivity index (χ1) is 70.5. The first-order valence-electron chi connectivity index (χ1n) is 45.8. The van der Waals surface area contributed by atoms with Crippen LogP contribution in [0.5, 0.6) is 0 Å². The second-order valence-electron chi connectivity index (χ2n) is 33.3. The summed E-state index contributed by atoms with van der Waals surface area (Å²) in [6.07, 6.45) is 0. The Morgan fingerprint density at radius 3 is 0.547 bits per heavy atom. The highest BCUT2D eigenvalue weighted by atomic mass is 79.9. The molecule has 0 bridgehead atoms. The van der Waals surface area contributed by atoms with Crippen molar-refractivity contribution < 1.29 is 45.0 Å². The van der Waals surface area contributed by atoms with Gasteiger partial charge >= 0.3 is 58.6 Å². The average molecular weight is 2390 g/mol. The van der Waals surface area contributed by atoms with Crippen LogP contribution in [0.3, 0.4) is 0 Å². The molecule has 0 fully saturated rings. The van der Waals surface area contributed by atoms with Gasteiger partial charge in [0.25, 0.3) is 0 Å². The van der Waals surface area contributed by atoms with E-state index < -0.39 is 107 Å². The number of benzene rings is 5. The summed E-state index contributed by atoms with van der Waals surface area (Å²) >= 11 is 22.0. The number of nitrogens with zero attached hydrogens (tertiary/aromatic N) is 25. The molecule has 5 amide bonds. The molecule has 10 heterocycles. The molecule has 150 heavy (non-hydrogen) atoms. The average Bonchev–Trinajstić information content (AvgIpc) is 1.60. The molecule has 50 nitrogen and oxygen atoms in total. The number of carbonyl (C=O) groups is 5. The molecule has 0 spiro atoms. The molecular formula is C90H110Br3Cl2N35O15S5. The zero-order valence-corrected chi connectivity index (χ0v) is 94.1. The van der Waals surface area contributed by atoms with E-state index in [1.54, 1.807) is 153 Å². The maximum atomic E-state index is 13.2.